The molecule has 5 rings (SSSR count). The number of benzene rings is 1. The van der Waals surface area contributed by atoms with Gasteiger partial charge in [0, 0.05) is 13.0 Å². The van der Waals surface area contributed by atoms with Crippen LogP contribution in [0.5, 0.6) is 5.88 Å². The van der Waals surface area contributed by atoms with Crippen LogP contribution >= 0.6 is 11.6 Å². The fourth-order valence-electron chi connectivity index (χ4n) is 4.20. The molecule has 2 aromatic heterocycles. The van der Waals surface area contributed by atoms with Crippen LogP contribution in [0.1, 0.15) is 42.4 Å². The topological polar surface area (TPSA) is 91.0 Å². The minimum absolute atomic E-state index is 0.0734. The molecule has 1 aromatic carbocycles. The number of carbonyl (C=O) groups excluding carboxylic acids is 1. The van der Waals surface area contributed by atoms with Gasteiger partial charge < -0.3 is 10.1 Å². The summed E-state index contributed by atoms with van der Waals surface area (Å²) in [5, 5.41) is 6.07. The van der Waals surface area contributed by atoms with Gasteiger partial charge in [-0.15, -0.1) is 5.10 Å². The normalized spacial score (nSPS) is 16.8. The van der Waals surface area contributed by atoms with Crippen LogP contribution in [0.3, 0.4) is 0 Å². The maximum Gasteiger partial charge on any atom is 0.425 e. The molecule has 1 aliphatic carbocycles. The van der Waals surface area contributed by atoms with Gasteiger partial charge in [0.15, 0.2) is 17.7 Å². The monoisotopic (exact) mass is 543 g/mol. The average Bonchev–Trinajstić information content (AvgIpc) is 3.49. The molecule has 1 saturated carbocycles. The van der Waals surface area contributed by atoms with Gasteiger partial charge in [-0.05, 0) is 49.8 Å². The number of hydrogen-bond acceptors (Lipinski definition) is 5. The Balaban J connectivity index is 1.57. The molecule has 8 nitrogen and oxygen atoms in total. The zero-order valence-corrected chi connectivity index (χ0v) is 20.0. The first kappa shape index (κ1) is 25.2. The number of alkyl halides is 3. The maximum atomic E-state index is 15.2. The third-order valence-electron chi connectivity index (χ3n) is 6.61. The number of pyridine rings is 1. The van der Waals surface area contributed by atoms with Gasteiger partial charge in [-0.2, -0.15) is 22.8 Å². The molecule has 0 radical (unpaired) electrons. The van der Waals surface area contributed by atoms with E-state index in [4.69, 9.17) is 16.3 Å². The Bertz CT molecular complexity index is 1440. The molecule has 37 heavy (non-hydrogen) atoms. The summed E-state index contributed by atoms with van der Waals surface area (Å²) in [6.07, 6.45) is -4.06. The van der Waals surface area contributed by atoms with Crippen LogP contribution < -0.4 is 15.7 Å². The molecule has 1 amide bonds. The van der Waals surface area contributed by atoms with Crippen LogP contribution in [-0.2, 0) is 13.0 Å². The van der Waals surface area contributed by atoms with Gasteiger partial charge >= 0.3 is 11.9 Å². The highest BCUT2D eigenvalue weighted by Gasteiger charge is 2.46. The highest BCUT2D eigenvalue weighted by atomic mass is 35.5. The van der Waals surface area contributed by atoms with E-state index in [1.54, 1.807) is 0 Å². The summed E-state index contributed by atoms with van der Waals surface area (Å²) < 4.78 is 76.0. The lowest BCUT2D eigenvalue weighted by atomic mass is 9.95. The standard InChI is InChI=1S/C23H19ClF5N5O3/c1-11(23(27,28)29)37-20-12(19(35)30-17-13(24)3-2-4-14(17)25)9-15(26)18(31-20)34-21(36)33-8-7-22(5-6-22)10-16(33)32-34/h2-4,9,11H,5-8,10H2,1H3,(H,30,35)/t11-/m0/s1. The Hall–Kier alpha value is -3.48. The molecular weight excluding hydrogens is 525 g/mol. The van der Waals surface area contributed by atoms with Crippen LogP contribution in [0, 0.1) is 17.0 Å². The second-order valence-electron chi connectivity index (χ2n) is 9.19. The van der Waals surface area contributed by atoms with Gasteiger partial charge in [-0.25, -0.2) is 13.6 Å². The minimum Gasteiger partial charge on any atom is -0.464 e. The number of carbonyl (C=O) groups is 1. The van der Waals surface area contributed by atoms with Gasteiger partial charge in [0.1, 0.15) is 17.2 Å². The summed E-state index contributed by atoms with van der Waals surface area (Å²) in [7, 11) is 0. The number of fused-ring (bicyclic) bond motifs is 1. The van der Waals surface area contributed by atoms with E-state index >= 15 is 4.39 Å². The van der Waals surface area contributed by atoms with E-state index in [1.807, 2.05) is 0 Å². The molecule has 3 heterocycles. The van der Waals surface area contributed by atoms with Crippen molar-refractivity contribution < 1.29 is 31.5 Å². The van der Waals surface area contributed by atoms with Crippen molar-refractivity contribution in [1.29, 1.82) is 0 Å². The van der Waals surface area contributed by atoms with Gasteiger partial charge in [0.25, 0.3) is 5.91 Å². The van der Waals surface area contributed by atoms with Crippen LogP contribution in [0.4, 0.5) is 27.6 Å². The molecule has 1 fully saturated rings. The Morgan fingerprint density at radius 1 is 1.22 bits per heavy atom. The quantitative estimate of drug-likeness (QED) is 0.472. The Kier molecular flexibility index (Phi) is 6.00. The largest absolute Gasteiger partial charge is 0.464 e. The van der Waals surface area contributed by atoms with E-state index in [2.05, 4.69) is 15.4 Å². The van der Waals surface area contributed by atoms with Gasteiger partial charge in [0.2, 0.25) is 5.88 Å². The zero-order valence-electron chi connectivity index (χ0n) is 19.2. The molecule has 2 aliphatic rings. The van der Waals surface area contributed by atoms with E-state index in [0.29, 0.717) is 36.5 Å². The summed E-state index contributed by atoms with van der Waals surface area (Å²) in [4.78, 5) is 29.6. The van der Waals surface area contributed by atoms with E-state index in [1.165, 1.54) is 16.7 Å². The average molecular weight is 544 g/mol. The molecular formula is C23H19ClF5N5O3. The van der Waals surface area contributed by atoms with Crippen molar-refractivity contribution in [2.24, 2.45) is 5.41 Å². The Labute approximate surface area is 211 Å². The predicted octanol–water partition coefficient (Wildman–Crippen LogP) is 4.67. The molecule has 1 aliphatic heterocycles. The van der Waals surface area contributed by atoms with Crippen LogP contribution in [0.15, 0.2) is 29.1 Å². The molecule has 1 atom stereocenters. The summed E-state index contributed by atoms with van der Waals surface area (Å²) in [6, 6.07) is 4.09. The second kappa shape index (κ2) is 8.82. The molecule has 196 valence electrons. The van der Waals surface area contributed by atoms with Crippen molar-refractivity contribution in [2.75, 3.05) is 5.32 Å². The van der Waals surface area contributed by atoms with Crippen molar-refractivity contribution in [3.05, 3.63) is 62.8 Å². The van der Waals surface area contributed by atoms with Crippen molar-refractivity contribution >= 4 is 23.2 Å². The third-order valence-corrected chi connectivity index (χ3v) is 6.93. The van der Waals surface area contributed by atoms with Gasteiger partial charge in [-0.1, -0.05) is 17.7 Å². The van der Waals surface area contributed by atoms with Crippen molar-refractivity contribution in [3.8, 4) is 11.7 Å². The second-order valence-corrected chi connectivity index (χ2v) is 9.60. The summed E-state index contributed by atoms with van der Waals surface area (Å²) in [5.74, 6) is -4.64. The number of amides is 1. The number of rotatable bonds is 5. The first-order chi connectivity index (χ1) is 17.4. The Morgan fingerprint density at radius 2 is 1.95 bits per heavy atom. The fourth-order valence-corrected chi connectivity index (χ4v) is 4.41. The lowest BCUT2D eigenvalue weighted by Crippen LogP contribution is -2.33. The van der Waals surface area contributed by atoms with E-state index < -0.39 is 58.5 Å². The number of para-hydroxylation sites is 1. The fraction of sp³-hybridized carbons (Fsp3) is 0.391. The SMILES string of the molecule is C[C@H](Oc1nc(-n2nc3n(c2=O)CCC2(CC2)C3)c(F)cc1C(=O)Nc1c(F)cccc1Cl)C(F)(F)F. The summed E-state index contributed by atoms with van der Waals surface area (Å²) in [5.41, 5.74) is -1.89. The lowest BCUT2D eigenvalue weighted by Gasteiger charge is -2.20. The number of ether oxygens (including phenoxy) is 1. The van der Waals surface area contributed by atoms with Crippen molar-refractivity contribution in [1.82, 2.24) is 19.3 Å². The highest BCUT2D eigenvalue weighted by molar-refractivity contribution is 6.34. The smallest absolute Gasteiger partial charge is 0.425 e. The van der Waals surface area contributed by atoms with Crippen LogP contribution in [0.25, 0.3) is 5.82 Å². The molecule has 1 spiro atoms. The van der Waals surface area contributed by atoms with E-state index in [-0.39, 0.29) is 10.4 Å². The number of nitrogens with one attached hydrogen (secondary N) is 1. The minimum atomic E-state index is -4.86. The van der Waals surface area contributed by atoms with E-state index in [0.717, 1.165) is 25.3 Å². The van der Waals surface area contributed by atoms with E-state index in [9.17, 15) is 27.2 Å². The number of aromatic nitrogens is 4. The zero-order chi connectivity index (χ0) is 26.7. The lowest BCUT2D eigenvalue weighted by molar-refractivity contribution is -0.190. The molecule has 0 unspecified atom stereocenters. The van der Waals surface area contributed by atoms with Crippen LogP contribution in [0.2, 0.25) is 5.02 Å². The number of anilines is 1. The third kappa shape index (κ3) is 4.67. The maximum absolute atomic E-state index is 15.2. The molecule has 14 heteroatoms. The summed E-state index contributed by atoms with van der Waals surface area (Å²) in [6.45, 7) is 1.03. The highest BCUT2D eigenvalue weighted by Crippen LogP contribution is 2.53. The number of halogens is 6. The predicted molar refractivity (Wildman–Crippen MR) is 121 cm³/mol. The first-order valence-corrected chi connectivity index (χ1v) is 11.6. The number of nitrogens with zero attached hydrogens (tertiary/aromatic N) is 4. The Morgan fingerprint density at radius 3 is 2.59 bits per heavy atom. The van der Waals surface area contributed by atoms with Crippen molar-refractivity contribution in [2.45, 2.75) is 51.4 Å². The van der Waals surface area contributed by atoms with Gasteiger partial charge in [-0.3, -0.25) is 9.36 Å². The van der Waals surface area contributed by atoms with Gasteiger partial charge in [0.05, 0.1) is 10.7 Å². The molecule has 3 aromatic rings. The molecule has 0 bridgehead atoms. The summed E-state index contributed by atoms with van der Waals surface area (Å²) >= 11 is 5.90. The molecule has 0 saturated heterocycles. The van der Waals surface area contributed by atoms with Crippen LogP contribution in [-0.4, -0.2) is 37.5 Å². The van der Waals surface area contributed by atoms with Crippen molar-refractivity contribution in [3.63, 3.8) is 0 Å². The molecule has 1 N–H and O–H groups in total. The number of hydrogen-bond donors (Lipinski definition) is 1. The first-order valence-electron chi connectivity index (χ1n) is 11.3.